The van der Waals surface area contributed by atoms with Crippen LogP contribution in [0, 0.1) is 0 Å². The summed E-state index contributed by atoms with van der Waals surface area (Å²) in [4.78, 5) is 0. The summed E-state index contributed by atoms with van der Waals surface area (Å²) in [6.07, 6.45) is 0. The average Bonchev–Trinajstić information content (AvgIpc) is 1.62. The number of halogens is 2. The van der Waals surface area contributed by atoms with Gasteiger partial charge in [0.1, 0.15) is 5.75 Å². The molecule has 0 rings (SSSR count). The van der Waals surface area contributed by atoms with E-state index in [9.17, 15) is 8.42 Å². The van der Waals surface area contributed by atoms with Gasteiger partial charge in [-0.3, -0.25) is 4.55 Å². The van der Waals surface area contributed by atoms with Gasteiger partial charge in [0.05, 0.1) is 0 Å². The molecule has 0 saturated carbocycles. The maximum absolute atomic E-state index is 9.97. The second-order valence-electron chi connectivity index (χ2n) is 1.28. The Kier molecular flexibility index (Phi) is 3.50. The smallest absolute Gasteiger partial charge is 0.270 e. The first-order valence-corrected chi connectivity index (χ1v) is 4.28. The van der Waals surface area contributed by atoms with E-state index in [1.165, 1.54) is 0 Å². The largest absolute Gasteiger partial charge is 0.285 e. The predicted octanol–water partition coefficient (Wildman–Crippen LogP) is 1.19. The molecule has 0 atom stereocenters. The third-order valence-corrected chi connectivity index (χ3v) is 1.89. The van der Waals surface area contributed by atoms with E-state index in [0.29, 0.717) is 0 Å². The van der Waals surface area contributed by atoms with Crippen LogP contribution in [-0.2, 0) is 10.1 Å². The SMILES string of the molecule is O=S(=O)(O)C/C(Cl)=C\Cl. The Labute approximate surface area is 63.0 Å². The van der Waals surface area contributed by atoms with E-state index in [1.54, 1.807) is 0 Å². The molecule has 0 fully saturated rings. The van der Waals surface area contributed by atoms with Crippen molar-refractivity contribution in [2.24, 2.45) is 0 Å². The van der Waals surface area contributed by atoms with Crippen LogP contribution in [0.15, 0.2) is 10.6 Å². The average molecular weight is 191 g/mol. The highest BCUT2D eigenvalue weighted by atomic mass is 35.5. The van der Waals surface area contributed by atoms with Gasteiger partial charge in [0, 0.05) is 10.6 Å². The van der Waals surface area contributed by atoms with Crippen LogP contribution < -0.4 is 0 Å². The standard InChI is InChI=1S/C3H4Cl2O3S/c4-1-3(5)2-9(6,7)8/h1H,2H2,(H,6,7,8)/b3-1+. The van der Waals surface area contributed by atoms with Crippen molar-refractivity contribution in [1.82, 2.24) is 0 Å². The first-order valence-electron chi connectivity index (χ1n) is 1.85. The van der Waals surface area contributed by atoms with Crippen LogP contribution in [0.4, 0.5) is 0 Å². The summed E-state index contributed by atoms with van der Waals surface area (Å²) in [5.74, 6) is -0.627. The second kappa shape index (κ2) is 3.41. The molecule has 54 valence electrons. The van der Waals surface area contributed by atoms with E-state index < -0.39 is 15.9 Å². The van der Waals surface area contributed by atoms with E-state index in [1.807, 2.05) is 0 Å². The van der Waals surface area contributed by atoms with Gasteiger partial charge in [0.25, 0.3) is 10.1 Å². The minimum Gasteiger partial charge on any atom is -0.285 e. The Morgan fingerprint density at radius 2 is 2.11 bits per heavy atom. The Morgan fingerprint density at radius 1 is 1.67 bits per heavy atom. The van der Waals surface area contributed by atoms with Crippen LogP contribution >= 0.6 is 23.2 Å². The van der Waals surface area contributed by atoms with Gasteiger partial charge in [-0.05, 0) is 0 Å². The molecule has 1 N–H and O–H groups in total. The lowest BCUT2D eigenvalue weighted by Gasteiger charge is -1.90. The number of rotatable bonds is 2. The summed E-state index contributed by atoms with van der Waals surface area (Å²) in [6.45, 7) is 0. The van der Waals surface area contributed by atoms with Crippen molar-refractivity contribution >= 4 is 33.3 Å². The van der Waals surface area contributed by atoms with Gasteiger partial charge >= 0.3 is 0 Å². The Hall–Kier alpha value is 0.230. The fourth-order valence-electron chi connectivity index (χ4n) is 0.206. The molecule has 0 aromatic carbocycles. The zero-order valence-corrected chi connectivity index (χ0v) is 6.54. The monoisotopic (exact) mass is 190 g/mol. The molecule has 0 radical (unpaired) electrons. The summed E-state index contributed by atoms with van der Waals surface area (Å²) in [5, 5.41) is -0.112. The van der Waals surface area contributed by atoms with Crippen molar-refractivity contribution in [3.05, 3.63) is 10.6 Å². The highest BCUT2D eigenvalue weighted by Gasteiger charge is 2.05. The third kappa shape index (κ3) is 6.11. The molecule has 0 heterocycles. The molecule has 0 aromatic heterocycles. The van der Waals surface area contributed by atoms with Crippen LogP contribution in [0.1, 0.15) is 0 Å². The lowest BCUT2D eigenvalue weighted by molar-refractivity contribution is 0.486. The van der Waals surface area contributed by atoms with Crippen LogP contribution in [0.2, 0.25) is 0 Å². The van der Waals surface area contributed by atoms with Gasteiger partial charge in [-0.2, -0.15) is 8.42 Å². The van der Waals surface area contributed by atoms with Gasteiger partial charge in [-0.1, -0.05) is 23.2 Å². The van der Waals surface area contributed by atoms with Gasteiger partial charge in [-0.25, -0.2) is 0 Å². The fraction of sp³-hybridized carbons (Fsp3) is 0.333. The lowest BCUT2D eigenvalue weighted by Crippen LogP contribution is -2.02. The molecule has 3 nitrogen and oxygen atoms in total. The van der Waals surface area contributed by atoms with Crippen LogP contribution in [0.5, 0.6) is 0 Å². The van der Waals surface area contributed by atoms with E-state index in [2.05, 4.69) is 0 Å². The maximum Gasteiger partial charge on any atom is 0.270 e. The highest BCUT2D eigenvalue weighted by molar-refractivity contribution is 7.86. The zero-order valence-electron chi connectivity index (χ0n) is 4.21. The van der Waals surface area contributed by atoms with E-state index in [-0.39, 0.29) is 5.03 Å². The summed E-state index contributed by atoms with van der Waals surface area (Å²) < 4.78 is 28.1. The second-order valence-corrected chi connectivity index (χ2v) is 3.44. The molecular formula is C3H4Cl2O3S. The van der Waals surface area contributed by atoms with Crippen molar-refractivity contribution in [3.63, 3.8) is 0 Å². The molecule has 9 heavy (non-hydrogen) atoms. The molecule has 0 aliphatic carbocycles. The van der Waals surface area contributed by atoms with Crippen molar-refractivity contribution < 1.29 is 13.0 Å². The minimum atomic E-state index is -4.02. The van der Waals surface area contributed by atoms with Crippen LogP contribution in [0.25, 0.3) is 0 Å². The minimum absolute atomic E-state index is 0.112. The first-order chi connectivity index (χ1) is 3.95. The molecular weight excluding hydrogens is 187 g/mol. The zero-order chi connectivity index (χ0) is 7.49. The van der Waals surface area contributed by atoms with Crippen molar-refractivity contribution in [2.75, 3.05) is 5.75 Å². The predicted molar refractivity (Wildman–Crippen MR) is 36.2 cm³/mol. The molecule has 0 aromatic rings. The summed E-state index contributed by atoms with van der Waals surface area (Å²) >= 11 is 10.1. The maximum atomic E-state index is 9.97. The van der Waals surface area contributed by atoms with E-state index >= 15 is 0 Å². The molecule has 6 heteroatoms. The third-order valence-electron chi connectivity index (χ3n) is 0.439. The highest BCUT2D eigenvalue weighted by Crippen LogP contribution is 2.05. The Bertz CT molecular complexity index is 205. The molecule has 0 amide bonds. The molecule has 0 unspecified atom stereocenters. The van der Waals surface area contributed by atoms with E-state index in [4.69, 9.17) is 27.8 Å². The van der Waals surface area contributed by atoms with E-state index in [0.717, 1.165) is 5.54 Å². The van der Waals surface area contributed by atoms with Crippen molar-refractivity contribution in [1.29, 1.82) is 0 Å². The van der Waals surface area contributed by atoms with Gasteiger partial charge in [0.15, 0.2) is 0 Å². The Balaban J connectivity index is 4.07. The summed E-state index contributed by atoms with van der Waals surface area (Å²) in [5.41, 5.74) is 0.884. The normalized spacial score (nSPS) is 13.9. The molecule has 0 bridgehead atoms. The molecule has 0 aliphatic heterocycles. The fourth-order valence-corrected chi connectivity index (χ4v) is 1.22. The lowest BCUT2D eigenvalue weighted by atomic mass is 10.7. The quantitative estimate of drug-likeness (QED) is 0.667. The number of hydrogen-bond donors (Lipinski definition) is 1. The van der Waals surface area contributed by atoms with Crippen molar-refractivity contribution in [2.45, 2.75) is 0 Å². The summed E-state index contributed by atoms with van der Waals surface area (Å²) in [7, 11) is -4.02. The van der Waals surface area contributed by atoms with Crippen LogP contribution in [-0.4, -0.2) is 18.7 Å². The molecule has 0 spiro atoms. The summed E-state index contributed by atoms with van der Waals surface area (Å²) in [6, 6.07) is 0. The Morgan fingerprint density at radius 3 is 2.22 bits per heavy atom. The molecule has 0 saturated heterocycles. The van der Waals surface area contributed by atoms with Gasteiger partial charge < -0.3 is 0 Å². The van der Waals surface area contributed by atoms with Crippen LogP contribution in [0.3, 0.4) is 0 Å². The molecule has 0 aliphatic rings. The topological polar surface area (TPSA) is 54.4 Å². The number of hydrogen-bond acceptors (Lipinski definition) is 2. The van der Waals surface area contributed by atoms with Gasteiger partial charge in [-0.15, -0.1) is 0 Å². The van der Waals surface area contributed by atoms with Crippen molar-refractivity contribution in [3.8, 4) is 0 Å². The first kappa shape index (κ1) is 9.23. The van der Waals surface area contributed by atoms with Gasteiger partial charge in [0.2, 0.25) is 0 Å².